The second-order valence-electron chi connectivity index (χ2n) is 4.90. The summed E-state index contributed by atoms with van der Waals surface area (Å²) in [7, 11) is 3.86. The molecule has 0 aliphatic heterocycles. The van der Waals surface area contributed by atoms with Gasteiger partial charge in [0.25, 0.3) is 5.91 Å². The van der Waals surface area contributed by atoms with E-state index >= 15 is 0 Å². The van der Waals surface area contributed by atoms with Crippen LogP contribution in [0.5, 0.6) is 0 Å². The highest BCUT2D eigenvalue weighted by Crippen LogP contribution is 2.22. The maximum absolute atomic E-state index is 12.4. The fourth-order valence-electron chi connectivity index (χ4n) is 1.85. The molecule has 2 rings (SSSR count). The van der Waals surface area contributed by atoms with Crippen LogP contribution in [0, 0.1) is 0 Å². The largest absolute Gasteiger partial charge is 0.337 e. The quantitative estimate of drug-likeness (QED) is 0.867. The Hall–Kier alpha value is -2.20. The molecule has 2 aromatic rings. The average Bonchev–Trinajstić information content (AvgIpc) is 2.48. The highest BCUT2D eigenvalue weighted by Gasteiger charge is 2.15. The monoisotopic (exact) mass is 269 g/mol. The Morgan fingerprint density at radius 1 is 1.20 bits per heavy atom. The zero-order valence-corrected chi connectivity index (χ0v) is 12.0. The lowest BCUT2D eigenvalue weighted by atomic mass is 10.0. The van der Waals surface area contributed by atoms with Crippen molar-refractivity contribution in [2.45, 2.75) is 13.1 Å². The molecule has 4 heteroatoms. The normalized spacial score (nSPS) is 12.2. The van der Waals surface area contributed by atoms with Crippen LogP contribution in [0.4, 0.5) is 0 Å². The summed E-state index contributed by atoms with van der Waals surface area (Å²) >= 11 is 0. The van der Waals surface area contributed by atoms with E-state index in [4.69, 9.17) is 0 Å². The lowest BCUT2D eigenvalue weighted by Gasteiger charge is -2.21. The first-order chi connectivity index (χ1) is 9.59. The molecule has 0 radical (unpaired) electrons. The number of pyridine rings is 1. The SMILES string of the molecule is CC(NC(=O)c1ccccc1-c1cccnc1)N(C)C. The van der Waals surface area contributed by atoms with Gasteiger partial charge >= 0.3 is 0 Å². The zero-order chi connectivity index (χ0) is 14.5. The van der Waals surface area contributed by atoms with E-state index in [1.165, 1.54) is 0 Å². The van der Waals surface area contributed by atoms with Crippen molar-refractivity contribution >= 4 is 5.91 Å². The summed E-state index contributed by atoms with van der Waals surface area (Å²) in [4.78, 5) is 18.5. The standard InChI is InChI=1S/C16H19N3O/c1-12(19(2)3)18-16(20)15-9-5-4-8-14(15)13-7-6-10-17-11-13/h4-12H,1-3H3,(H,18,20). The predicted octanol–water partition coefficient (Wildman–Crippen LogP) is 2.39. The van der Waals surface area contributed by atoms with Crippen molar-refractivity contribution in [3.8, 4) is 11.1 Å². The van der Waals surface area contributed by atoms with Crippen molar-refractivity contribution in [1.82, 2.24) is 15.2 Å². The van der Waals surface area contributed by atoms with E-state index in [9.17, 15) is 4.79 Å². The van der Waals surface area contributed by atoms with Gasteiger partial charge in [0.1, 0.15) is 0 Å². The molecule has 1 heterocycles. The van der Waals surface area contributed by atoms with Crippen LogP contribution in [-0.4, -0.2) is 36.1 Å². The summed E-state index contributed by atoms with van der Waals surface area (Å²) in [5, 5.41) is 2.97. The molecule has 4 nitrogen and oxygen atoms in total. The second-order valence-corrected chi connectivity index (χ2v) is 4.90. The van der Waals surface area contributed by atoms with Gasteiger partial charge in [0.2, 0.25) is 0 Å². The third kappa shape index (κ3) is 3.22. The molecule has 20 heavy (non-hydrogen) atoms. The van der Waals surface area contributed by atoms with Gasteiger partial charge in [-0.05, 0) is 38.7 Å². The molecule has 1 amide bonds. The molecule has 1 unspecified atom stereocenters. The van der Waals surface area contributed by atoms with Gasteiger partial charge in [-0.25, -0.2) is 0 Å². The molecule has 0 saturated heterocycles. The molecule has 0 bridgehead atoms. The van der Waals surface area contributed by atoms with E-state index < -0.39 is 0 Å². The molecular formula is C16H19N3O. The van der Waals surface area contributed by atoms with Crippen molar-refractivity contribution < 1.29 is 4.79 Å². The number of nitrogens with zero attached hydrogens (tertiary/aromatic N) is 2. The van der Waals surface area contributed by atoms with Crippen molar-refractivity contribution in [3.63, 3.8) is 0 Å². The van der Waals surface area contributed by atoms with Gasteiger partial charge < -0.3 is 5.32 Å². The Morgan fingerprint density at radius 2 is 1.95 bits per heavy atom. The fraction of sp³-hybridized carbons (Fsp3) is 0.250. The molecule has 1 aromatic carbocycles. The van der Waals surface area contributed by atoms with Crippen molar-refractivity contribution in [2.24, 2.45) is 0 Å². The highest BCUT2D eigenvalue weighted by molar-refractivity contribution is 6.00. The van der Waals surface area contributed by atoms with Gasteiger partial charge in [-0.1, -0.05) is 24.3 Å². The van der Waals surface area contributed by atoms with Crippen LogP contribution < -0.4 is 5.32 Å². The number of hydrogen-bond acceptors (Lipinski definition) is 3. The van der Waals surface area contributed by atoms with E-state index in [0.29, 0.717) is 5.56 Å². The van der Waals surface area contributed by atoms with Crippen LogP contribution in [0.25, 0.3) is 11.1 Å². The van der Waals surface area contributed by atoms with Crippen LogP contribution in [0.15, 0.2) is 48.8 Å². The number of amides is 1. The molecule has 1 atom stereocenters. The smallest absolute Gasteiger partial charge is 0.253 e. The Bertz CT molecular complexity index is 581. The van der Waals surface area contributed by atoms with E-state index in [-0.39, 0.29) is 12.1 Å². The number of nitrogens with one attached hydrogen (secondary N) is 1. The van der Waals surface area contributed by atoms with Gasteiger partial charge in [-0.15, -0.1) is 0 Å². The number of hydrogen-bond donors (Lipinski definition) is 1. The number of aromatic nitrogens is 1. The van der Waals surface area contributed by atoms with Crippen LogP contribution in [0.1, 0.15) is 17.3 Å². The van der Waals surface area contributed by atoms with Crippen LogP contribution in [-0.2, 0) is 0 Å². The molecular weight excluding hydrogens is 250 g/mol. The van der Waals surface area contributed by atoms with Crippen molar-refractivity contribution in [1.29, 1.82) is 0 Å². The molecule has 1 aromatic heterocycles. The summed E-state index contributed by atoms with van der Waals surface area (Å²) in [6, 6.07) is 11.4. The number of rotatable bonds is 4. The lowest BCUT2D eigenvalue weighted by molar-refractivity contribution is 0.0901. The third-order valence-electron chi connectivity index (χ3n) is 3.26. The van der Waals surface area contributed by atoms with Gasteiger partial charge in [0, 0.05) is 23.5 Å². The second kappa shape index (κ2) is 6.30. The van der Waals surface area contributed by atoms with Crippen LogP contribution >= 0.6 is 0 Å². The molecule has 0 aliphatic carbocycles. The third-order valence-corrected chi connectivity index (χ3v) is 3.26. The molecule has 0 aliphatic rings. The summed E-state index contributed by atoms with van der Waals surface area (Å²) < 4.78 is 0. The van der Waals surface area contributed by atoms with E-state index in [1.54, 1.807) is 12.4 Å². The van der Waals surface area contributed by atoms with Crippen LogP contribution in [0.2, 0.25) is 0 Å². The maximum atomic E-state index is 12.4. The number of benzene rings is 1. The number of carbonyl (C=O) groups is 1. The Balaban J connectivity index is 2.31. The van der Waals surface area contributed by atoms with Gasteiger partial charge in [-0.2, -0.15) is 0 Å². The molecule has 1 N–H and O–H groups in total. The Labute approximate surface area is 119 Å². The van der Waals surface area contributed by atoms with E-state index in [1.807, 2.05) is 62.3 Å². The zero-order valence-electron chi connectivity index (χ0n) is 12.0. The van der Waals surface area contributed by atoms with Crippen molar-refractivity contribution in [3.05, 3.63) is 54.4 Å². The van der Waals surface area contributed by atoms with E-state index in [2.05, 4.69) is 10.3 Å². The summed E-state index contributed by atoms with van der Waals surface area (Å²) in [5.41, 5.74) is 2.49. The molecule has 0 spiro atoms. The molecule has 0 saturated carbocycles. The van der Waals surface area contributed by atoms with Gasteiger partial charge in [0.15, 0.2) is 0 Å². The topological polar surface area (TPSA) is 45.2 Å². The highest BCUT2D eigenvalue weighted by atomic mass is 16.1. The summed E-state index contributed by atoms with van der Waals surface area (Å²) in [6.07, 6.45) is 3.46. The minimum atomic E-state index is -0.0781. The van der Waals surface area contributed by atoms with Crippen LogP contribution in [0.3, 0.4) is 0 Å². The van der Waals surface area contributed by atoms with Crippen molar-refractivity contribution in [2.75, 3.05) is 14.1 Å². The fourth-order valence-corrected chi connectivity index (χ4v) is 1.85. The molecule has 104 valence electrons. The average molecular weight is 269 g/mol. The van der Waals surface area contributed by atoms with E-state index in [0.717, 1.165) is 11.1 Å². The maximum Gasteiger partial charge on any atom is 0.253 e. The first kappa shape index (κ1) is 14.2. The predicted molar refractivity (Wildman–Crippen MR) is 80.3 cm³/mol. The summed E-state index contributed by atoms with van der Waals surface area (Å²) in [5.74, 6) is -0.0781. The Morgan fingerprint density at radius 3 is 2.60 bits per heavy atom. The minimum Gasteiger partial charge on any atom is -0.337 e. The Kier molecular flexibility index (Phi) is 4.48. The molecule has 0 fully saturated rings. The van der Waals surface area contributed by atoms with Gasteiger partial charge in [0.05, 0.1) is 6.17 Å². The number of carbonyl (C=O) groups excluding carboxylic acids is 1. The lowest BCUT2D eigenvalue weighted by Crippen LogP contribution is -2.42. The first-order valence-electron chi connectivity index (χ1n) is 6.56. The first-order valence-corrected chi connectivity index (χ1v) is 6.56. The summed E-state index contributed by atoms with van der Waals surface area (Å²) in [6.45, 7) is 1.95. The minimum absolute atomic E-state index is 0.0237. The van der Waals surface area contributed by atoms with Gasteiger partial charge in [-0.3, -0.25) is 14.7 Å².